The Bertz CT molecular complexity index is 527. The number of carboxylic acids is 1. The molecule has 0 fully saturated rings. The molecule has 7 heteroatoms. The summed E-state index contributed by atoms with van der Waals surface area (Å²) in [6, 6.07) is 5.52. The lowest BCUT2D eigenvalue weighted by Gasteiger charge is -1.98. The Kier molecular flexibility index (Phi) is 2.99. The van der Waals surface area contributed by atoms with Crippen molar-refractivity contribution in [3.8, 4) is 11.4 Å². The number of benzene rings is 1. The average molecular weight is 234 g/mol. The summed E-state index contributed by atoms with van der Waals surface area (Å²) in [7, 11) is 0. The highest BCUT2D eigenvalue weighted by atomic mass is 19.1. The van der Waals surface area contributed by atoms with Crippen LogP contribution in [-0.2, 0) is 11.2 Å². The minimum absolute atomic E-state index is 0.0309. The van der Waals surface area contributed by atoms with E-state index in [-0.39, 0.29) is 23.9 Å². The molecule has 1 N–H and O–H groups in total. The van der Waals surface area contributed by atoms with Crippen molar-refractivity contribution in [2.75, 3.05) is 0 Å². The molecule has 0 aliphatic carbocycles. The number of carbonyl (C=O) groups is 1. The zero-order valence-electron chi connectivity index (χ0n) is 8.54. The zero-order chi connectivity index (χ0) is 12.3. The van der Waals surface area contributed by atoms with Crippen molar-refractivity contribution >= 4 is 5.97 Å². The first-order valence-electron chi connectivity index (χ1n) is 4.69. The van der Waals surface area contributed by atoms with Gasteiger partial charge in [0, 0.05) is 5.56 Å². The van der Waals surface area contributed by atoms with Crippen molar-refractivity contribution in [3.63, 3.8) is 0 Å². The monoisotopic (exact) mass is 234 g/mol. The van der Waals surface area contributed by atoms with Crippen LogP contribution in [0.1, 0.15) is 5.82 Å². The van der Waals surface area contributed by atoms with E-state index in [9.17, 15) is 9.18 Å². The number of hydrogen-bond acceptors (Lipinski definition) is 5. The third kappa shape index (κ3) is 2.77. The summed E-state index contributed by atoms with van der Waals surface area (Å²) in [5.74, 6) is -1.16. The molecule has 1 aromatic carbocycles. The molecule has 0 amide bonds. The molecule has 0 spiro atoms. The minimum atomic E-state index is -1.05. The van der Waals surface area contributed by atoms with E-state index in [1.54, 1.807) is 0 Å². The molecule has 86 valence electrons. The van der Waals surface area contributed by atoms with E-state index in [1.165, 1.54) is 24.3 Å². The maximum atomic E-state index is 12.7. The Labute approximate surface area is 95.2 Å². The normalized spacial score (nSPS) is 10.2. The van der Waals surface area contributed by atoms with Crippen molar-refractivity contribution in [2.45, 2.75) is 6.42 Å². The second-order valence-electron chi connectivity index (χ2n) is 3.22. The zero-order valence-corrected chi connectivity index (χ0v) is 8.54. The quantitative estimate of drug-likeness (QED) is 0.840. The van der Waals surface area contributed by atoms with Gasteiger partial charge in [-0.05, 0) is 24.3 Å². The van der Waals surface area contributed by atoms with Crippen LogP contribution in [0.4, 0.5) is 4.39 Å². The van der Waals surface area contributed by atoms with Gasteiger partial charge >= 0.3 is 5.97 Å². The Morgan fingerprint density at radius 3 is 2.24 bits per heavy atom. The Morgan fingerprint density at radius 1 is 1.12 bits per heavy atom. The van der Waals surface area contributed by atoms with Gasteiger partial charge in [0.15, 0.2) is 5.82 Å². The fraction of sp³-hybridized carbons (Fsp3) is 0.100. The van der Waals surface area contributed by atoms with Gasteiger partial charge < -0.3 is 5.11 Å². The molecular formula is C10H7FN4O2. The van der Waals surface area contributed by atoms with Crippen LogP contribution >= 0.6 is 0 Å². The summed E-state index contributed by atoms with van der Waals surface area (Å²) in [5, 5.41) is 23.2. The van der Waals surface area contributed by atoms with Crippen LogP contribution < -0.4 is 0 Å². The average Bonchev–Trinajstić information content (AvgIpc) is 2.30. The fourth-order valence-electron chi connectivity index (χ4n) is 1.17. The van der Waals surface area contributed by atoms with Crippen LogP contribution in [0.5, 0.6) is 0 Å². The molecule has 0 saturated heterocycles. The van der Waals surface area contributed by atoms with Crippen LogP contribution in [-0.4, -0.2) is 31.5 Å². The van der Waals surface area contributed by atoms with Crippen LogP contribution in [0.25, 0.3) is 11.4 Å². The molecule has 1 heterocycles. The highest BCUT2D eigenvalue weighted by Gasteiger charge is 2.07. The number of hydrogen-bond donors (Lipinski definition) is 1. The predicted molar refractivity (Wildman–Crippen MR) is 54.4 cm³/mol. The van der Waals surface area contributed by atoms with E-state index in [1.807, 2.05) is 0 Å². The SMILES string of the molecule is O=C(O)Cc1nnc(-c2ccc(F)cc2)nn1. The van der Waals surface area contributed by atoms with Gasteiger partial charge in [0.25, 0.3) is 0 Å². The van der Waals surface area contributed by atoms with E-state index in [2.05, 4.69) is 20.4 Å². The summed E-state index contributed by atoms with van der Waals surface area (Å²) >= 11 is 0. The standard InChI is InChI=1S/C10H7FN4O2/c11-7-3-1-6(2-4-7)10-14-12-8(13-15-10)5-9(16)17/h1-4H,5H2,(H,16,17). The molecule has 17 heavy (non-hydrogen) atoms. The third-order valence-electron chi connectivity index (χ3n) is 1.93. The van der Waals surface area contributed by atoms with Crippen LogP contribution in [0.3, 0.4) is 0 Å². The Hall–Kier alpha value is -2.44. The maximum Gasteiger partial charge on any atom is 0.311 e. The van der Waals surface area contributed by atoms with Gasteiger partial charge in [0.2, 0.25) is 5.82 Å². The molecule has 1 aromatic heterocycles. The number of halogens is 1. The van der Waals surface area contributed by atoms with Crippen LogP contribution in [0, 0.1) is 5.82 Å². The van der Waals surface area contributed by atoms with Gasteiger partial charge in [-0.25, -0.2) is 4.39 Å². The smallest absolute Gasteiger partial charge is 0.311 e. The first kappa shape index (κ1) is 11.1. The Balaban J connectivity index is 2.23. The fourth-order valence-corrected chi connectivity index (χ4v) is 1.17. The lowest BCUT2D eigenvalue weighted by Crippen LogP contribution is -2.08. The van der Waals surface area contributed by atoms with E-state index in [4.69, 9.17) is 5.11 Å². The second-order valence-corrected chi connectivity index (χ2v) is 3.22. The molecule has 2 rings (SSSR count). The van der Waals surface area contributed by atoms with Gasteiger partial charge in [-0.3, -0.25) is 4.79 Å². The molecule has 0 radical (unpaired) electrons. The Morgan fingerprint density at radius 2 is 1.71 bits per heavy atom. The molecule has 0 aliphatic rings. The predicted octanol–water partition coefficient (Wildman–Crippen LogP) is 0.700. The number of carboxylic acid groups (broad SMARTS) is 1. The van der Waals surface area contributed by atoms with Gasteiger partial charge in [-0.15, -0.1) is 20.4 Å². The van der Waals surface area contributed by atoms with E-state index in [0.717, 1.165) is 0 Å². The molecule has 0 bridgehead atoms. The van der Waals surface area contributed by atoms with Gasteiger partial charge in [0.1, 0.15) is 12.2 Å². The highest BCUT2D eigenvalue weighted by molar-refractivity contribution is 5.68. The lowest BCUT2D eigenvalue weighted by atomic mass is 10.2. The summed E-state index contributed by atoms with van der Waals surface area (Å²) in [5.41, 5.74) is 0.563. The highest BCUT2D eigenvalue weighted by Crippen LogP contribution is 2.12. The van der Waals surface area contributed by atoms with Crippen LogP contribution in [0.15, 0.2) is 24.3 Å². The molecule has 0 saturated carbocycles. The summed E-state index contributed by atoms with van der Waals surface area (Å²) in [4.78, 5) is 10.4. The molecule has 0 atom stereocenters. The van der Waals surface area contributed by atoms with Crippen molar-refractivity contribution in [3.05, 3.63) is 35.9 Å². The van der Waals surface area contributed by atoms with Crippen molar-refractivity contribution in [1.29, 1.82) is 0 Å². The minimum Gasteiger partial charge on any atom is -0.481 e. The van der Waals surface area contributed by atoms with E-state index >= 15 is 0 Å². The number of aromatic nitrogens is 4. The summed E-state index contributed by atoms with van der Waals surface area (Å²) in [6.45, 7) is 0. The van der Waals surface area contributed by atoms with Crippen molar-refractivity contribution in [1.82, 2.24) is 20.4 Å². The summed E-state index contributed by atoms with van der Waals surface area (Å²) < 4.78 is 12.7. The maximum absolute atomic E-state index is 12.7. The van der Waals surface area contributed by atoms with E-state index < -0.39 is 5.97 Å². The van der Waals surface area contributed by atoms with Crippen molar-refractivity contribution in [2.24, 2.45) is 0 Å². The second kappa shape index (κ2) is 4.60. The first-order chi connectivity index (χ1) is 8.15. The molecule has 0 unspecified atom stereocenters. The largest absolute Gasteiger partial charge is 0.481 e. The summed E-state index contributed by atoms with van der Waals surface area (Å²) in [6.07, 6.45) is -0.330. The number of nitrogens with zero attached hydrogens (tertiary/aromatic N) is 4. The van der Waals surface area contributed by atoms with Crippen molar-refractivity contribution < 1.29 is 14.3 Å². The molecular weight excluding hydrogens is 227 g/mol. The van der Waals surface area contributed by atoms with E-state index in [0.29, 0.717) is 5.56 Å². The topological polar surface area (TPSA) is 88.9 Å². The number of rotatable bonds is 3. The van der Waals surface area contributed by atoms with Gasteiger partial charge in [0.05, 0.1) is 0 Å². The third-order valence-corrected chi connectivity index (χ3v) is 1.93. The molecule has 0 aliphatic heterocycles. The first-order valence-corrected chi connectivity index (χ1v) is 4.69. The molecule has 6 nitrogen and oxygen atoms in total. The number of aliphatic carboxylic acids is 1. The molecule has 2 aromatic rings. The van der Waals surface area contributed by atoms with Gasteiger partial charge in [-0.1, -0.05) is 0 Å². The van der Waals surface area contributed by atoms with Gasteiger partial charge in [-0.2, -0.15) is 0 Å². The lowest BCUT2D eigenvalue weighted by molar-refractivity contribution is -0.136. The van der Waals surface area contributed by atoms with Crippen LogP contribution in [0.2, 0.25) is 0 Å².